The fraction of sp³-hybridized carbons (Fsp3) is 0.0625. The summed E-state index contributed by atoms with van der Waals surface area (Å²) in [4.78, 5) is 23.9. The van der Waals surface area contributed by atoms with E-state index < -0.39 is 5.63 Å². The van der Waals surface area contributed by atoms with Gasteiger partial charge in [0.15, 0.2) is 0 Å². The fourth-order valence-corrected chi connectivity index (χ4v) is 2.90. The summed E-state index contributed by atoms with van der Waals surface area (Å²) >= 11 is 6.89. The van der Waals surface area contributed by atoms with Gasteiger partial charge >= 0.3 is 10.7 Å². The highest BCUT2D eigenvalue weighted by atomic mass is 35.5. The summed E-state index contributed by atoms with van der Waals surface area (Å²) in [6.07, 6.45) is 0. The van der Waals surface area contributed by atoms with Crippen LogP contribution in [0.2, 0.25) is 5.02 Å². The van der Waals surface area contributed by atoms with Gasteiger partial charge in [0.25, 0.3) is 0 Å². The van der Waals surface area contributed by atoms with Crippen LogP contribution in [-0.4, -0.2) is 16.9 Å². The Labute approximate surface area is 146 Å². The number of amides is 1. The number of aromatic amines is 1. The van der Waals surface area contributed by atoms with E-state index in [0.29, 0.717) is 15.7 Å². The molecule has 0 aliphatic rings. The summed E-state index contributed by atoms with van der Waals surface area (Å²) in [7, 11) is 0. The van der Waals surface area contributed by atoms with Crippen LogP contribution >= 0.6 is 23.4 Å². The molecule has 0 saturated carbocycles. The number of para-hydroxylation sites is 1. The Morgan fingerprint density at radius 2 is 1.88 bits per heavy atom. The number of thioether (sulfide) groups is 1. The van der Waals surface area contributed by atoms with Crippen LogP contribution in [0.4, 0.5) is 5.69 Å². The number of anilines is 1. The van der Waals surface area contributed by atoms with Gasteiger partial charge in [-0.3, -0.25) is 9.32 Å². The van der Waals surface area contributed by atoms with Gasteiger partial charge in [-0.1, -0.05) is 29.8 Å². The van der Waals surface area contributed by atoms with Gasteiger partial charge in [-0.05, 0) is 46.0 Å². The molecule has 8 heteroatoms. The molecule has 2 N–H and O–H groups in total. The molecule has 3 rings (SSSR count). The van der Waals surface area contributed by atoms with Crippen molar-refractivity contribution in [2.24, 2.45) is 0 Å². The van der Waals surface area contributed by atoms with Crippen molar-refractivity contribution in [3.63, 3.8) is 0 Å². The van der Waals surface area contributed by atoms with E-state index in [1.807, 2.05) is 30.3 Å². The van der Waals surface area contributed by atoms with Crippen molar-refractivity contribution >= 4 is 35.0 Å². The van der Waals surface area contributed by atoms with E-state index >= 15 is 0 Å². The monoisotopic (exact) mass is 362 g/mol. The average molecular weight is 363 g/mol. The van der Waals surface area contributed by atoms with Crippen LogP contribution in [0.1, 0.15) is 0 Å². The number of benzene rings is 2. The first-order valence-corrected chi connectivity index (χ1v) is 8.37. The molecule has 0 fully saturated rings. The molecule has 2 aromatic carbocycles. The second-order valence-electron chi connectivity index (χ2n) is 4.80. The molecule has 0 aliphatic carbocycles. The number of rotatable bonds is 5. The molecule has 24 heavy (non-hydrogen) atoms. The molecular weight excluding hydrogens is 350 g/mol. The van der Waals surface area contributed by atoms with Crippen molar-refractivity contribution in [3.05, 3.63) is 70.0 Å². The van der Waals surface area contributed by atoms with Crippen LogP contribution in [0.3, 0.4) is 0 Å². The van der Waals surface area contributed by atoms with E-state index in [-0.39, 0.29) is 11.7 Å². The molecular formula is C16H13ClN3O3S+. The predicted octanol–water partition coefficient (Wildman–Crippen LogP) is 2.63. The zero-order valence-corrected chi connectivity index (χ0v) is 13.9. The van der Waals surface area contributed by atoms with Crippen molar-refractivity contribution in [3.8, 4) is 5.69 Å². The summed E-state index contributed by atoms with van der Waals surface area (Å²) in [6, 6.07) is 16.0. The van der Waals surface area contributed by atoms with Crippen LogP contribution in [0.25, 0.3) is 5.69 Å². The van der Waals surface area contributed by atoms with Gasteiger partial charge in [0.1, 0.15) is 0 Å². The topological polar surface area (TPSA) is 79.0 Å². The molecule has 0 atom stereocenters. The summed E-state index contributed by atoms with van der Waals surface area (Å²) in [5.74, 6) is -0.166. The highest BCUT2D eigenvalue weighted by molar-refractivity contribution is 7.99. The number of nitrogens with one attached hydrogen (secondary N) is 2. The molecule has 122 valence electrons. The molecule has 0 unspecified atom stereocenters. The van der Waals surface area contributed by atoms with Gasteiger partial charge in [-0.25, -0.2) is 4.79 Å². The number of aromatic nitrogens is 2. The van der Waals surface area contributed by atoms with E-state index in [0.717, 1.165) is 17.4 Å². The largest absolute Gasteiger partial charge is 0.442 e. The number of hydrogen-bond acceptors (Lipinski definition) is 4. The Bertz CT molecular complexity index is 891. The maximum absolute atomic E-state index is 12.0. The summed E-state index contributed by atoms with van der Waals surface area (Å²) < 4.78 is 6.33. The van der Waals surface area contributed by atoms with Gasteiger partial charge in [0, 0.05) is 22.8 Å². The van der Waals surface area contributed by atoms with Crippen molar-refractivity contribution < 1.29 is 14.0 Å². The lowest BCUT2D eigenvalue weighted by molar-refractivity contribution is -0.704. The van der Waals surface area contributed by atoms with Crippen molar-refractivity contribution in [2.75, 3.05) is 11.1 Å². The van der Waals surface area contributed by atoms with Crippen LogP contribution in [0.5, 0.6) is 0 Å². The Hall–Kier alpha value is -2.51. The van der Waals surface area contributed by atoms with E-state index in [1.54, 1.807) is 24.3 Å². The minimum absolute atomic E-state index is 0.0675. The number of carbonyl (C=O) groups is 1. The fourth-order valence-electron chi connectivity index (χ4n) is 2.00. The smallest absolute Gasteiger partial charge is 0.325 e. The molecule has 0 radical (unpaired) electrons. The number of carbonyl (C=O) groups excluding carboxylic acids is 1. The third-order valence-electron chi connectivity index (χ3n) is 3.09. The molecule has 1 heterocycles. The average Bonchev–Trinajstić information content (AvgIpc) is 2.97. The van der Waals surface area contributed by atoms with Gasteiger partial charge < -0.3 is 5.32 Å². The third kappa shape index (κ3) is 3.87. The van der Waals surface area contributed by atoms with Crippen LogP contribution in [0, 0.1) is 0 Å². The summed E-state index contributed by atoms with van der Waals surface area (Å²) in [5.41, 5.74) is 0.856. The second kappa shape index (κ2) is 7.37. The lowest BCUT2D eigenvalue weighted by atomic mass is 10.3. The normalized spacial score (nSPS) is 10.5. The lowest BCUT2D eigenvalue weighted by Gasteiger charge is -2.03. The van der Waals surface area contributed by atoms with E-state index in [4.69, 9.17) is 16.1 Å². The maximum Gasteiger partial charge on any atom is 0.442 e. The Kier molecular flexibility index (Phi) is 5.02. The third-order valence-corrected chi connectivity index (χ3v) is 4.37. The van der Waals surface area contributed by atoms with E-state index in [2.05, 4.69) is 10.6 Å². The van der Waals surface area contributed by atoms with Gasteiger partial charge in [0.05, 0.1) is 5.75 Å². The van der Waals surface area contributed by atoms with Crippen LogP contribution in [0.15, 0.2) is 68.9 Å². The molecule has 0 bridgehead atoms. The first-order chi connectivity index (χ1) is 11.6. The van der Waals surface area contributed by atoms with Crippen molar-refractivity contribution in [1.29, 1.82) is 0 Å². The van der Waals surface area contributed by atoms with Gasteiger partial charge in [-0.15, -0.1) is 0 Å². The number of hydrogen-bond donors (Lipinski definition) is 2. The molecule has 1 amide bonds. The maximum atomic E-state index is 12.0. The Morgan fingerprint density at radius 3 is 2.58 bits per heavy atom. The zero-order valence-electron chi connectivity index (χ0n) is 12.4. The molecule has 6 nitrogen and oxygen atoms in total. The standard InChI is InChI=1S/C16H12ClN3O3S/c17-11-6-8-12(9-7-11)18-14(21)10-24-15-16(22)23-19-20(15)13-4-2-1-3-5-13/h1-9H,10H2,(H-,18,19,21,22)/p+1. The number of halogens is 1. The van der Waals surface area contributed by atoms with Crippen LogP contribution in [-0.2, 0) is 4.79 Å². The number of nitrogens with zero attached hydrogens (tertiary/aromatic N) is 1. The minimum Gasteiger partial charge on any atom is -0.325 e. The molecule has 3 aromatic rings. The SMILES string of the molecule is O=C(CSc1c(=O)o[nH][n+]1-c1ccccc1)Nc1ccc(Cl)cc1. The lowest BCUT2D eigenvalue weighted by Crippen LogP contribution is -2.36. The minimum atomic E-state index is -0.525. The first-order valence-electron chi connectivity index (χ1n) is 7.00. The Balaban J connectivity index is 1.69. The molecule has 0 spiro atoms. The van der Waals surface area contributed by atoms with Crippen molar-refractivity contribution in [2.45, 2.75) is 5.03 Å². The second-order valence-corrected chi connectivity index (χ2v) is 6.20. The molecule has 0 aliphatic heterocycles. The highest BCUT2D eigenvalue weighted by Crippen LogP contribution is 2.15. The molecule has 0 saturated heterocycles. The van der Waals surface area contributed by atoms with E-state index in [9.17, 15) is 9.59 Å². The quantitative estimate of drug-likeness (QED) is 0.540. The predicted molar refractivity (Wildman–Crippen MR) is 91.7 cm³/mol. The first kappa shape index (κ1) is 16.4. The van der Waals surface area contributed by atoms with Gasteiger partial charge in [0.2, 0.25) is 11.6 Å². The van der Waals surface area contributed by atoms with Gasteiger partial charge in [-0.2, -0.15) is 0 Å². The highest BCUT2D eigenvalue weighted by Gasteiger charge is 2.24. The van der Waals surface area contributed by atoms with E-state index in [1.165, 1.54) is 4.68 Å². The Morgan fingerprint density at radius 1 is 1.17 bits per heavy atom. The zero-order chi connectivity index (χ0) is 16.9. The van der Waals surface area contributed by atoms with Crippen molar-refractivity contribution in [1.82, 2.24) is 5.27 Å². The molecule has 1 aromatic heterocycles. The van der Waals surface area contributed by atoms with Crippen LogP contribution < -0.4 is 15.6 Å². The number of H-pyrrole nitrogens is 1. The summed E-state index contributed by atoms with van der Waals surface area (Å²) in [5, 5.41) is 6.16. The summed E-state index contributed by atoms with van der Waals surface area (Å²) in [6.45, 7) is 0.